The molecule has 0 atom stereocenters. The summed E-state index contributed by atoms with van der Waals surface area (Å²) < 4.78 is 0. The Morgan fingerprint density at radius 1 is 1.44 bits per heavy atom. The van der Waals surface area contributed by atoms with Crippen molar-refractivity contribution in [2.75, 3.05) is 13.6 Å². The Bertz CT molecular complexity index is 452. The molecule has 1 aliphatic carbocycles. The number of benzene rings is 1. The lowest BCUT2D eigenvalue weighted by Gasteiger charge is -2.25. The fraction of sp³-hybridized carbons (Fsp3) is 0.533. The van der Waals surface area contributed by atoms with Crippen LogP contribution in [0.4, 0.5) is 0 Å². The van der Waals surface area contributed by atoms with E-state index >= 15 is 0 Å². The Kier molecular flexibility index (Phi) is 3.67. The van der Waals surface area contributed by atoms with Crippen molar-refractivity contribution in [3.05, 3.63) is 34.9 Å². The molecular weight excluding hydrogens is 246 g/mol. The van der Waals surface area contributed by atoms with E-state index in [1.807, 2.05) is 36.2 Å². The lowest BCUT2D eigenvalue weighted by atomic mass is 9.94. The van der Waals surface area contributed by atoms with Crippen LogP contribution in [0.5, 0.6) is 0 Å². The summed E-state index contributed by atoms with van der Waals surface area (Å²) in [5, 5.41) is 0.707. The molecule has 0 saturated heterocycles. The summed E-state index contributed by atoms with van der Waals surface area (Å²) in [6.45, 7) is 5.06. The van der Waals surface area contributed by atoms with Gasteiger partial charge in [0.25, 0.3) is 0 Å². The molecule has 3 heteroatoms. The van der Waals surface area contributed by atoms with Gasteiger partial charge in [-0.05, 0) is 36.5 Å². The van der Waals surface area contributed by atoms with Gasteiger partial charge in [-0.25, -0.2) is 0 Å². The highest BCUT2D eigenvalue weighted by molar-refractivity contribution is 6.30. The molecule has 0 unspecified atom stereocenters. The second-order valence-electron chi connectivity index (χ2n) is 5.67. The molecule has 0 bridgehead atoms. The summed E-state index contributed by atoms with van der Waals surface area (Å²) in [5.41, 5.74) is 0.768. The van der Waals surface area contributed by atoms with Crippen LogP contribution in [0, 0.1) is 5.92 Å². The van der Waals surface area contributed by atoms with E-state index in [9.17, 15) is 4.79 Å². The van der Waals surface area contributed by atoms with E-state index in [1.165, 1.54) is 0 Å². The van der Waals surface area contributed by atoms with Gasteiger partial charge >= 0.3 is 0 Å². The lowest BCUT2D eigenvalue weighted by molar-refractivity contribution is -0.133. The molecule has 0 heterocycles. The van der Waals surface area contributed by atoms with Gasteiger partial charge in [0.2, 0.25) is 5.91 Å². The van der Waals surface area contributed by atoms with E-state index < -0.39 is 0 Å². The van der Waals surface area contributed by atoms with Gasteiger partial charge in [0, 0.05) is 18.6 Å². The van der Waals surface area contributed by atoms with E-state index in [4.69, 9.17) is 11.6 Å². The molecule has 1 saturated carbocycles. The first-order valence-corrected chi connectivity index (χ1v) is 6.85. The first kappa shape index (κ1) is 13.4. The van der Waals surface area contributed by atoms with Crippen molar-refractivity contribution < 1.29 is 4.79 Å². The monoisotopic (exact) mass is 265 g/mol. The van der Waals surface area contributed by atoms with Crippen LogP contribution in [0.1, 0.15) is 32.3 Å². The number of hydrogen-bond acceptors (Lipinski definition) is 1. The summed E-state index contributed by atoms with van der Waals surface area (Å²) in [5.74, 6) is 0.729. The quantitative estimate of drug-likeness (QED) is 0.816. The van der Waals surface area contributed by atoms with Gasteiger partial charge in [-0.3, -0.25) is 4.79 Å². The van der Waals surface area contributed by atoms with Crippen LogP contribution in [-0.4, -0.2) is 24.4 Å². The Labute approximate surface area is 114 Å². The maximum atomic E-state index is 12.6. The number of carbonyl (C=O) groups excluding carboxylic acids is 1. The van der Waals surface area contributed by atoms with Gasteiger partial charge < -0.3 is 4.90 Å². The van der Waals surface area contributed by atoms with Crippen molar-refractivity contribution in [3.8, 4) is 0 Å². The number of nitrogens with zero attached hydrogens (tertiary/aromatic N) is 1. The molecule has 1 amide bonds. The lowest BCUT2D eigenvalue weighted by Crippen LogP contribution is -2.38. The van der Waals surface area contributed by atoms with Crippen molar-refractivity contribution in [1.82, 2.24) is 4.90 Å². The van der Waals surface area contributed by atoms with Gasteiger partial charge in [0.1, 0.15) is 0 Å². The summed E-state index contributed by atoms with van der Waals surface area (Å²) in [4.78, 5) is 14.4. The van der Waals surface area contributed by atoms with E-state index in [0.717, 1.165) is 24.9 Å². The molecular formula is C15H20ClNO. The van der Waals surface area contributed by atoms with Crippen molar-refractivity contribution >= 4 is 17.5 Å². The van der Waals surface area contributed by atoms with Gasteiger partial charge in [-0.1, -0.05) is 37.6 Å². The minimum absolute atomic E-state index is 0.235. The first-order valence-electron chi connectivity index (χ1n) is 6.47. The fourth-order valence-electron chi connectivity index (χ4n) is 2.53. The molecule has 1 aliphatic rings. The number of carbonyl (C=O) groups is 1. The van der Waals surface area contributed by atoms with Crippen LogP contribution in [0.3, 0.4) is 0 Å². The minimum atomic E-state index is -0.297. The highest BCUT2D eigenvalue weighted by Gasteiger charge is 2.52. The second kappa shape index (κ2) is 4.93. The molecule has 2 rings (SSSR count). The van der Waals surface area contributed by atoms with Gasteiger partial charge in [0.15, 0.2) is 0 Å². The van der Waals surface area contributed by atoms with Gasteiger partial charge in [-0.15, -0.1) is 0 Å². The molecule has 1 fully saturated rings. The first-order chi connectivity index (χ1) is 8.45. The summed E-state index contributed by atoms with van der Waals surface area (Å²) in [7, 11) is 1.90. The van der Waals surface area contributed by atoms with Crippen molar-refractivity contribution in [3.63, 3.8) is 0 Å². The zero-order valence-electron chi connectivity index (χ0n) is 11.2. The predicted molar refractivity (Wildman–Crippen MR) is 74.8 cm³/mol. The van der Waals surface area contributed by atoms with Crippen molar-refractivity contribution in [1.29, 1.82) is 0 Å². The summed E-state index contributed by atoms with van der Waals surface area (Å²) >= 11 is 6.02. The van der Waals surface area contributed by atoms with Gasteiger partial charge in [0.05, 0.1) is 5.41 Å². The van der Waals surface area contributed by atoms with Crippen LogP contribution in [-0.2, 0) is 10.2 Å². The Morgan fingerprint density at radius 2 is 2.11 bits per heavy atom. The van der Waals surface area contributed by atoms with Gasteiger partial charge in [-0.2, -0.15) is 0 Å². The van der Waals surface area contributed by atoms with Crippen LogP contribution in [0.2, 0.25) is 5.02 Å². The van der Waals surface area contributed by atoms with E-state index in [-0.39, 0.29) is 11.3 Å². The Hall–Kier alpha value is -1.02. The molecule has 0 spiro atoms. The Balaban J connectivity index is 2.19. The maximum absolute atomic E-state index is 12.6. The van der Waals surface area contributed by atoms with Crippen LogP contribution in [0.25, 0.3) is 0 Å². The summed E-state index contributed by atoms with van der Waals surface area (Å²) in [6.07, 6.45) is 1.88. The third-order valence-electron chi connectivity index (χ3n) is 3.52. The zero-order chi connectivity index (χ0) is 13.3. The largest absolute Gasteiger partial charge is 0.345 e. The standard InChI is InChI=1S/C15H20ClNO/c1-11(2)10-17(3)14(18)15(7-8-15)12-5-4-6-13(16)9-12/h4-6,9,11H,7-8,10H2,1-3H3. The van der Waals surface area contributed by atoms with Crippen LogP contribution >= 0.6 is 11.6 Å². The molecule has 0 N–H and O–H groups in total. The highest BCUT2D eigenvalue weighted by atomic mass is 35.5. The Morgan fingerprint density at radius 3 is 2.61 bits per heavy atom. The number of rotatable bonds is 4. The molecule has 0 aliphatic heterocycles. The SMILES string of the molecule is CC(C)CN(C)C(=O)C1(c2cccc(Cl)c2)CC1. The summed E-state index contributed by atoms with van der Waals surface area (Å²) in [6, 6.07) is 7.71. The van der Waals surface area contributed by atoms with Crippen LogP contribution < -0.4 is 0 Å². The van der Waals surface area contributed by atoms with Crippen LogP contribution in [0.15, 0.2) is 24.3 Å². The molecule has 0 aromatic heterocycles. The minimum Gasteiger partial charge on any atom is -0.345 e. The third kappa shape index (κ3) is 2.54. The third-order valence-corrected chi connectivity index (χ3v) is 3.76. The maximum Gasteiger partial charge on any atom is 0.232 e. The predicted octanol–water partition coefficient (Wildman–Crippen LogP) is 3.49. The molecule has 1 aromatic carbocycles. The van der Waals surface area contributed by atoms with E-state index in [0.29, 0.717) is 10.9 Å². The average molecular weight is 266 g/mol. The fourth-order valence-corrected chi connectivity index (χ4v) is 2.72. The average Bonchev–Trinajstić information content (AvgIpc) is 3.08. The molecule has 0 radical (unpaired) electrons. The molecule has 2 nitrogen and oxygen atoms in total. The number of likely N-dealkylation sites (N-methyl/N-ethyl adjacent to an activating group) is 1. The number of halogens is 1. The van der Waals surface area contributed by atoms with Crippen molar-refractivity contribution in [2.24, 2.45) is 5.92 Å². The highest BCUT2D eigenvalue weighted by Crippen LogP contribution is 2.49. The zero-order valence-corrected chi connectivity index (χ0v) is 12.0. The number of amides is 1. The number of hydrogen-bond donors (Lipinski definition) is 0. The smallest absolute Gasteiger partial charge is 0.232 e. The van der Waals surface area contributed by atoms with E-state index in [2.05, 4.69) is 13.8 Å². The van der Waals surface area contributed by atoms with E-state index in [1.54, 1.807) is 0 Å². The van der Waals surface area contributed by atoms with Crippen molar-refractivity contribution in [2.45, 2.75) is 32.1 Å². The normalized spacial score (nSPS) is 16.7. The topological polar surface area (TPSA) is 20.3 Å². The molecule has 1 aromatic rings. The second-order valence-corrected chi connectivity index (χ2v) is 6.11. The molecule has 98 valence electrons. The molecule has 18 heavy (non-hydrogen) atoms.